The SMILES string of the molecule is COc1cccc(OC)c1C(=O)Oc1cc(C)c2c(c1)O/C(=C\c1sccc1C)C2=O. The van der Waals surface area contributed by atoms with E-state index in [1.54, 1.807) is 43.3 Å². The van der Waals surface area contributed by atoms with Gasteiger partial charge in [0.2, 0.25) is 5.78 Å². The Morgan fingerprint density at radius 2 is 1.74 bits per heavy atom. The van der Waals surface area contributed by atoms with Crippen LogP contribution in [-0.2, 0) is 0 Å². The van der Waals surface area contributed by atoms with Crippen molar-refractivity contribution in [1.29, 1.82) is 0 Å². The van der Waals surface area contributed by atoms with Crippen molar-refractivity contribution in [2.45, 2.75) is 13.8 Å². The molecule has 0 radical (unpaired) electrons. The van der Waals surface area contributed by atoms with Crippen molar-refractivity contribution >= 4 is 29.2 Å². The van der Waals surface area contributed by atoms with Gasteiger partial charge in [0.05, 0.1) is 19.8 Å². The second-order valence-electron chi connectivity index (χ2n) is 6.95. The molecule has 7 heteroatoms. The summed E-state index contributed by atoms with van der Waals surface area (Å²) >= 11 is 1.54. The van der Waals surface area contributed by atoms with E-state index in [0.29, 0.717) is 28.4 Å². The van der Waals surface area contributed by atoms with E-state index in [4.69, 9.17) is 18.9 Å². The first-order valence-electron chi connectivity index (χ1n) is 9.49. The summed E-state index contributed by atoms with van der Waals surface area (Å²) in [7, 11) is 2.93. The third kappa shape index (κ3) is 3.80. The lowest BCUT2D eigenvalue weighted by atomic mass is 10.0. The van der Waals surface area contributed by atoms with Crippen molar-refractivity contribution in [2.75, 3.05) is 14.2 Å². The summed E-state index contributed by atoms with van der Waals surface area (Å²) in [5.41, 5.74) is 2.37. The number of methoxy groups -OCH3 is 2. The van der Waals surface area contributed by atoms with E-state index in [0.717, 1.165) is 10.4 Å². The van der Waals surface area contributed by atoms with Crippen LogP contribution in [0.15, 0.2) is 47.5 Å². The first-order chi connectivity index (χ1) is 14.9. The number of hydrogen-bond donors (Lipinski definition) is 0. The smallest absolute Gasteiger partial charge is 0.351 e. The number of hydrogen-bond acceptors (Lipinski definition) is 7. The fourth-order valence-electron chi connectivity index (χ4n) is 3.40. The Balaban J connectivity index is 1.65. The van der Waals surface area contributed by atoms with Crippen molar-refractivity contribution in [1.82, 2.24) is 0 Å². The van der Waals surface area contributed by atoms with E-state index in [1.165, 1.54) is 25.6 Å². The van der Waals surface area contributed by atoms with Gasteiger partial charge in [-0.1, -0.05) is 6.07 Å². The van der Waals surface area contributed by atoms with Crippen LogP contribution in [-0.4, -0.2) is 26.0 Å². The third-order valence-corrected chi connectivity index (χ3v) is 5.92. The molecule has 31 heavy (non-hydrogen) atoms. The zero-order valence-corrected chi connectivity index (χ0v) is 18.3. The summed E-state index contributed by atoms with van der Waals surface area (Å²) in [5, 5.41) is 1.96. The number of ether oxygens (including phenoxy) is 4. The maximum Gasteiger partial charge on any atom is 0.351 e. The molecule has 0 N–H and O–H groups in total. The number of carbonyl (C=O) groups excluding carboxylic acids is 2. The zero-order valence-electron chi connectivity index (χ0n) is 17.5. The zero-order chi connectivity index (χ0) is 22.1. The van der Waals surface area contributed by atoms with Crippen LogP contribution in [0.1, 0.15) is 36.7 Å². The van der Waals surface area contributed by atoms with Crippen molar-refractivity contribution in [3.05, 3.63) is 74.7 Å². The van der Waals surface area contributed by atoms with Crippen LogP contribution in [0.4, 0.5) is 0 Å². The van der Waals surface area contributed by atoms with Gasteiger partial charge in [0.25, 0.3) is 0 Å². The predicted octanol–water partition coefficient (Wildman–Crippen LogP) is 5.22. The number of esters is 1. The number of ketones is 1. The molecule has 6 nitrogen and oxygen atoms in total. The molecule has 1 aromatic heterocycles. The third-order valence-electron chi connectivity index (χ3n) is 4.95. The van der Waals surface area contributed by atoms with E-state index >= 15 is 0 Å². The average molecular weight is 436 g/mol. The predicted molar refractivity (Wildman–Crippen MR) is 118 cm³/mol. The fraction of sp³-hybridized carbons (Fsp3) is 0.167. The fourth-order valence-corrected chi connectivity index (χ4v) is 4.25. The number of fused-ring (bicyclic) bond motifs is 1. The highest BCUT2D eigenvalue weighted by atomic mass is 32.1. The molecule has 158 valence electrons. The first kappa shape index (κ1) is 20.7. The minimum absolute atomic E-state index is 0.177. The lowest BCUT2D eigenvalue weighted by Gasteiger charge is -2.13. The van der Waals surface area contributed by atoms with E-state index < -0.39 is 5.97 Å². The van der Waals surface area contributed by atoms with Crippen LogP contribution >= 0.6 is 11.3 Å². The second-order valence-corrected chi connectivity index (χ2v) is 7.90. The molecule has 0 spiro atoms. The van der Waals surface area contributed by atoms with Crippen LogP contribution < -0.4 is 18.9 Å². The molecule has 4 rings (SSSR count). The molecule has 2 heterocycles. The molecule has 0 atom stereocenters. The van der Waals surface area contributed by atoms with Gasteiger partial charge in [-0.15, -0.1) is 11.3 Å². The maximum absolute atomic E-state index is 12.9. The van der Waals surface area contributed by atoms with Crippen LogP contribution in [0.25, 0.3) is 6.08 Å². The summed E-state index contributed by atoms with van der Waals surface area (Å²) in [4.78, 5) is 26.7. The Kier molecular flexibility index (Phi) is 5.52. The average Bonchev–Trinajstić information content (AvgIpc) is 3.30. The topological polar surface area (TPSA) is 71.1 Å². The monoisotopic (exact) mass is 436 g/mol. The van der Waals surface area contributed by atoms with Crippen LogP contribution in [0, 0.1) is 13.8 Å². The number of aryl methyl sites for hydroxylation is 2. The van der Waals surface area contributed by atoms with Crippen molar-refractivity contribution in [3.63, 3.8) is 0 Å². The Hall–Kier alpha value is -3.58. The summed E-state index contributed by atoms with van der Waals surface area (Å²) in [6.07, 6.45) is 1.74. The van der Waals surface area contributed by atoms with Crippen LogP contribution in [0.5, 0.6) is 23.0 Å². The molecule has 0 bridgehead atoms. The Labute approximate surface area is 183 Å². The Bertz CT molecular complexity index is 1200. The van der Waals surface area contributed by atoms with Gasteiger partial charge in [0.15, 0.2) is 5.76 Å². The number of benzene rings is 2. The van der Waals surface area contributed by atoms with Gasteiger partial charge in [-0.2, -0.15) is 0 Å². The van der Waals surface area contributed by atoms with E-state index in [1.807, 2.05) is 18.4 Å². The molecule has 1 aliphatic rings. The van der Waals surface area contributed by atoms with Crippen molar-refractivity contribution in [3.8, 4) is 23.0 Å². The van der Waals surface area contributed by atoms with Gasteiger partial charge in [-0.05, 0) is 54.6 Å². The molecule has 0 saturated carbocycles. The van der Waals surface area contributed by atoms with Gasteiger partial charge < -0.3 is 18.9 Å². The molecule has 0 amide bonds. The molecule has 2 aromatic carbocycles. The Morgan fingerprint density at radius 3 is 2.35 bits per heavy atom. The summed E-state index contributed by atoms with van der Waals surface area (Å²) in [5.74, 6) is 0.720. The highest BCUT2D eigenvalue weighted by Gasteiger charge is 2.31. The van der Waals surface area contributed by atoms with Gasteiger partial charge >= 0.3 is 5.97 Å². The van der Waals surface area contributed by atoms with Gasteiger partial charge in [0, 0.05) is 17.0 Å². The standard InChI is InChI=1S/C24H20O6S/c1-13-8-9-31-20(13)12-19-23(25)21-14(2)10-15(11-18(21)30-19)29-24(26)22-16(27-3)6-5-7-17(22)28-4/h5-12H,1-4H3/b19-12-. The normalized spacial score (nSPS) is 13.7. The Morgan fingerprint density at radius 1 is 1.03 bits per heavy atom. The minimum atomic E-state index is -0.636. The summed E-state index contributed by atoms with van der Waals surface area (Å²) in [6.45, 7) is 3.75. The maximum atomic E-state index is 12.9. The molecular formula is C24H20O6S. The molecule has 0 unspecified atom stereocenters. The largest absolute Gasteiger partial charge is 0.496 e. The minimum Gasteiger partial charge on any atom is -0.496 e. The number of allylic oxidation sites excluding steroid dienone is 1. The lowest BCUT2D eigenvalue weighted by Crippen LogP contribution is -2.12. The summed E-state index contributed by atoms with van der Waals surface area (Å²) in [6, 6.07) is 10.2. The molecular weight excluding hydrogens is 416 g/mol. The van der Waals surface area contributed by atoms with E-state index in [-0.39, 0.29) is 22.9 Å². The van der Waals surface area contributed by atoms with Gasteiger partial charge in [-0.3, -0.25) is 4.79 Å². The highest BCUT2D eigenvalue weighted by Crippen LogP contribution is 2.39. The second kappa shape index (κ2) is 8.28. The number of thiophene rings is 1. The van der Waals surface area contributed by atoms with Gasteiger partial charge in [0.1, 0.15) is 28.6 Å². The number of Topliss-reactive ketones (excluding diaryl/α,β-unsaturated/α-hetero) is 1. The molecule has 3 aromatic rings. The number of rotatable bonds is 5. The van der Waals surface area contributed by atoms with E-state index in [9.17, 15) is 9.59 Å². The molecule has 0 saturated heterocycles. The quantitative estimate of drug-likeness (QED) is 0.310. The first-order valence-corrected chi connectivity index (χ1v) is 10.4. The van der Waals surface area contributed by atoms with Crippen LogP contribution in [0.3, 0.4) is 0 Å². The summed E-state index contributed by atoms with van der Waals surface area (Å²) < 4.78 is 22.0. The molecule has 0 fully saturated rings. The molecule has 1 aliphatic heterocycles. The highest BCUT2D eigenvalue weighted by molar-refractivity contribution is 7.11. The number of carbonyl (C=O) groups is 2. The van der Waals surface area contributed by atoms with Crippen molar-refractivity contribution in [2.24, 2.45) is 0 Å². The van der Waals surface area contributed by atoms with Crippen LogP contribution in [0.2, 0.25) is 0 Å². The molecule has 0 aliphatic carbocycles. The van der Waals surface area contributed by atoms with E-state index in [2.05, 4.69) is 0 Å². The van der Waals surface area contributed by atoms with Crippen molar-refractivity contribution < 1.29 is 28.5 Å². The lowest BCUT2D eigenvalue weighted by molar-refractivity contribution is 0.0727. The van der Waals surface area contributed by atoms with Gasteiger partial charge in [-0.25, -0.2) is 4.79 Å².